The Labute approximate surface area is 131 Å². The fraction of sp³-hybridized carbons (Fsp3) is 0.500. The molecule has 21 heavy (non-hydrogen) atoms. The molecule has 1 aromatic rings. The summed E-state index contributed by atoms with van der Waals surface area (Å²) in [5, 5.41) is 8.76. The van der Waals surface area contributed by atoms with Gasteiger partial charge in [0.1, 0.15) is 12.7 Å². The first-order valence-corrected chi connectivity index (χ1v) is 7.15. The van der Waals surface area contributed by atoms with E-state index in [1.807, 2.05) is 6.07 Å². The van der Waals surface area contributed by atoms with Crippen LogP contribution in [0, 0.1) is 17.1 Å². The zero-order chi connectivity index (χ0) is 15.5. The fourth-order valence-corrected chi connectivity index (χ4v) is 1.82. The summed E-state index contributed by atoms with van der Waals surface area (Å²) < 4.78 is 34.5. The second-order valence-electron chi connectivity index (χ2n) is 3.92. The third-order valence-electron chi connectivity index (χ3n) is 2.46. The van der Waals surface area contributed by atoms with Gasteiger partial charge in [0.05, 0.1) is 43.1 Å². The molecular formula is C14H17BrFNO4. The zero-order valence-electron chi connectivity index (χ0n) is 11.7. The highest BCUT2D eigenvalue weighted by molar-refractivity contribution is 9.10. The highest BCUT2D eigenvalue weighted by Crippen LogP contribution is 2.28. The van der Waals surface area contributed by atoms with Gasteiger partial charge in [0.15, 0.2) is 11.6 Å². The second-order valence-corrected chi connectivity index (χ2v) is 4.71. The number of nitriles is 1. The Balaban J connectivity index is 2.19. The molecule has 0 heterocycles. The molecule has 0 N–H and O–H groups in total. The van der Waals surface area contributed by atoms with Gasteiger partial charge >= 0.3 is 0 Å². The van der Waals surface area contributed by atoms with Crippen molar-refractivity contribution in [1.82, 2.24) is 0 Å². The van der Waals surface area contributed by atoms with Crippen LogP contribution in [-0.4, -0.2) is 46.8 Å². The lowest BCUT2D eigenvalue weighted by Crippen LogP contribution is -2.12. The first-order chi connectivity index (χ1) is 10.2. The normalized spacial score (nSPS) is 10.4. The molecule has 0 saturated heterocycles. The van der Waals surface area contributed by atoms with Crippen molar-refractivity contribution in [3.63, 3.8) is 0 Å². The smallest absolute Gasteiger partial charge is 0.180 e. The zero-order valence-corrected chi connectivity index (χ0v) is 13.3. The minimum absolute atomic E-state index is 0.0841. The molecule has 0 fully saturated rings. The van der Waals surface area contributed by atoms with Gasteiger partial charge in [-0.1, -0.05) is 0 Å². The number of methoxy groups -OCH3 is 1. The van der Waals surface area contributed by atoms with Crippen molar-refractivity contribution >= 4 is 15.9 Å². The van der Waals surface area contributed by atoms with Crippen LogP contribution in [0.15, 0.2) is 16.6 Å². The summed E-state index contributed by atoms with van der Waals surface area (Å²) in [5.74, 6) is -0.502. The Kier molecular flexibility index (Phi) is 8.94. The number of hydrogen-bond donors (Lipinski definition) is 0. The molecule has 0 atom stereocenters. The van der Waals surface area contributed by atoms with E-state index in [1.54, 1.807) is 7.11 Å². The first-order valence-electron chi connectivity index (χ1n) is 6.36. The fourth-order valence-electron chi connectivity index (χ4n) is 1.40. The minimum atomic E-state index is -0.586. The number of halogens is 2. The number of nitrogens with zero attached hydrogens (tertiary/aromatic N) is 1. The molecule has 0 amide bonds. The van der Waals surface area contributed by atoms with Gasteiger partial charge in [-0.25, -0.2) is 4.39 Å². The first kappa shape index (κ1) is 17.9. The minimum Gasteiger partial charge on any atom is -0.488 e. The van der Waals surface area contributed by atoms with E-state index in [4.69, 9.17) is 24.2 Å². The van der Waals surface area contributed by atoms with Gasteiger partial charge in [0, 0.05) is 7.11 Å². The van der Waals surface area contributed by atoms with Gasteiger partial charge in [-0.15, -0.1) is 0 Å². The van der Waals surface area contributed by atoms with Crippen LogP contribution in [0.1, 0.15) is 5.56 Å². The molecular weight excluding hydrogens is 345 g/mol. The Morgan fingerprint density at radius 1 is 1.10 bits per heavy atom. The van der Waals surface area contributed by atoms with Gasteiger partial charge in [-0.3, -0.25) is 0 Å². The van der Waals surface area contributed by atoms with Crippen molar-refractivity contribution < 1.29 is 23.3 Å². The predicted molar refractivity (Wildman–Crippen MR) is 77.8 cm³/mol. The second kappa shape index (κ2) is 10.5. The van der Waals surface area contributed by atoms with E-state index in [0.29, 0.717) is 33.0 Å². The van der Waals surface area contributed by atoms with E-state index in [-0.39, 0.29) is 22.4 Å². The molecule has 0 aliphatic carbocycles. The van der Waals surface area contributed by atoms with Crippen molar-refractivity contribution in [2.24, 2.45) is 0 Å². The Morgan fingerprint density at radius 2 is 1.71 bits per heavy atom. The third kappa shape index (κ3) is 6.40. The largest absolute Gasteiger partial charge is 0.488 e. The topological polar surface area (TPSA) is 60.7 Å². The van der Waals surface area contributed by atoms with E-state index in [9.17, 15) is 4.39 Å². The lowest BCUT2D eigenvalue weighted by molar-refractivity contribution is 0.0177. The van der Waals surface area contributed by atoms with Gasteiger partial charge in [-0.2, -0.15) is 5.26 Å². The van der Waals surface area contributed by atoms with Crippen molar-refractivity contribution in [3.05, 3.63) is 28.0 Å². The maximum Gasteiger partial charge on any atom is 0.180 e. The van der Waals surface area contributed by atoms with Gasteiger partial charge < -0.3 is 18.9 Å². The monoisotopic (exact) mass is 361 g/mol. The van der Waals surface area contributed by atoms with E-state index in [1.165, 1.54) is 12.1 Å². The third-order valence-corrected chi connectivity index (χ3v) is 3.23. The number of hydrogen-bond acceptors (Lipinski definition) is 5. The van der Waals surface area contributed by atoms with Gasteiger partial charge in [0.2, 0.25) is 0 Å². The number of benzene rings is 1. The summed E-state index contributed by atoms with van der Waals surface area (Å²) >= 11 is 3.02. The van der Waals surface area contributed by atoms with E-state index >= 15 is 0 Å². The maximum absolute atomic E-state index is 13.8. The summed E-state index contributed by atoms with van der Waals surface area (Å²) in [5.41, 5.74) is 0.226. The molecule has 0 spiro atoms. The van der Waals surface area contributed by atoms with Gasteiger partial charge in [-0.05, 0) is 28.1 Å². The summed E-state index contributed by atoms with van der Waals surface area (Å²) in [6.07, 6.45) is 0. The highest BCUT2D eigenvalue weighted by Gasteiger charge is 2.11. The van der Waals surface area contributed by atoms with Crippen LogP contribution in [0.4, 0.5) is 4.39 Å². The Bertz CT molecular complexity index is 479. The molecule has 0 unspecified atom stereocenters. The van der Waals surface area contributed by atoms with Crippen LogP contribution in [0.25, 0.3) is 0 Å². The van der Waals surface area contributed by atoms with E-state index in [0.717, 1.165) is 0 Å². The number of ether oxygens (including phenoxy) is 4. The standard InChI is InChI=1S/C14H17BrFNO4/c1-18-4-5-19-6-7-20-8-9-21-12-3-2-11(10-17)13(15)14(12)16/h2-3H,4-9H2,1H3. The molecule has 0 aliphatic heterocycles. The maximum atomic E-state index is 13.8. The quantitative estimate of drug-likeness (QED) is 0.599. The molecule has 5 nitrogen and oxygen atoms in total. The molecule has 0 aliphatic rings. The molecule has 0 bridgehead atoms. The van der Waals surface area contributed by atoms with Crippen LogP contribution in [0.5, 0.6) is 5.75 Å². The van der Waals surface area contributed by atoms with Crippen LogP contribution >= 0.6 is 15.9 Å². The molecule has 1 aromatic carbocycles. The summed E-state index contributed by atoms with van der Waals surface area (Å²) in [7, 11) is 1.61. The predicted octanol–water partition coefficient (Wildman–Crippen LogP) is 2.52. The van der Waals surface area contributed by atoms with Crippen molar-refractivity contribution in [1.29, 1.82) is 5.26 Å². The lowest BCUT2D eigenvalue weighted by Gasteiger charge is -2.09. The van der Waals surface area contributed by atoms with Gasteiger partial charge in [0.25, 0.3) is 0 Å². The lowest BCUT2D eigenvalue weighted by atomic mass is 10.2. The Hall–Kier alpha value is -1.20. The molecule has 116 valence electrons. The Morgan fingerprint density at radius 3 is 2.33 bits per heavy atom. The SMILES string of the molecule is COCCOCCOCCOc1ccc(C#N)c(Br)c1F. The molecule has 1 rings (SSSR count). The van der Waals surface area contributed by atoms with Crippen molar-refractivity contribution in [2.45, 2.75) is 0 Å². The van der Waals surface area contributed by atoms with Crippen LogP contribution in [-0.2, 0) is 14.2 Å². The average molecular weight is 362 g/mol. The summed E-state index contributed by atoms with van der Waals surface area (Å²) in [6.45, 7) is 2.53. The highest BCUT2D eigenvalue weighted by atomic mass is 79.9. The average Bonchev–Trinajstić information content (AvgIpc) is 2.50. The van der Waals surface area contributed by atoms with Crippen LogP contribution in [0.3, 0.4) is 0 Å². The van der Waals surface area contributed by atoms with Crippen molar-refractivity contribution in [3.8, 4) is 11.8 Å². The summed E-state index contributed by atoms with van der Waals surface area (Å²) in [6, 6.07) is 4.79. The number of rotatable bonds is 10. The van der Waals surface area contributed by atoms with Crippen LogP contribution < -0.4 is 4.74 Å². The molecule has 0 radical (unpaired) electrons. The summed E-state index contributed by atoms with van der Waals surface area (Å²) in [4.78, 5) is 0. The molecule has 0 saturated carbocycles. The van der Waals surface area contributed by atoms with E-state index in [2.05, 4.69) is 15.9 Å². The van der Waals surface area contributed by atoms with Crippen molar-refractivity contribution in [2.75, 3.05) is 46.8 Å². The molecule has 7 heteroatoms. The van der Waals surface area contributed by atoms with Crippen LogP contribution in [0.2, 0.25) is 0 Å². The van der Waals surface area contributed by atoms with E-state index < -0.39 is 5.82 Å². The molecule has 0 aromatic heterocycles.